The molecule has 0 radical (unpaired) electrons. The third kappa shape index (κ3) is 4.00. The highest BCUT2D eigenvalue weighted by Gasteiger charge is 2.27. The smallest absolute Gasteiger partial charge is 0.227 e. The van der Waals surface area contributed by atoms with Crippen LogP contribution in [0.3, 0.4) is 0 Å². The molecule has 0 aromatic heterocycles. The maximum atomic E-state index is 12.9. The number of ether oxygens (including phenoxy) is 1. The van der Waals surface area contributed by atoms with Crippen molar-refractivity contribution >= 4 is 5.91 Å². The third-order valence-electron chi connectivity index (χ3n) is 3.88. The predicted molar refractivity (Wildman–Crippen MR) is 83.8 cm³/mol. The first kappa shape index (κ1) is 15.3. The second-order valence-corrected chi connectivity index (χ2v) is 5.67. The van der Waals surface area contributed by atoms with Gasteiger partial charge < -0.3 is 14.7 Å². The minimum absolute atomic E-state index is 0.0146. The molecular weight excluding hydrogens is 297 g/mol. The van der Waals surface area contributed by atoms with Crippen LogP contribution in [0.2, 0.25) is 0 Å². The molecule has 0 spiro atoms. The Morgan fingerprint density at radius 3 is 2.78 bits per heavy atom. The summed E-state index contributed by atoms with van der Waals surface area (Å²) in [4.78, 5) is 14.1. The number of hydrogen-bond donors (Lipinski definition) is 1. The summed E-state index contributed by atoms with van der Waals surface area (Å²) in [5, 5.41) is 9.45. The standard InChI is InChI=1S/C18H18FNO3/c19-14-4-6-16(7-5-14)23-17-8-9-20(12-17)18(22)11-13-2-1-3-15(21)10-13/h1-7,10,17,21H,8-9,11-12H2/t17-/m0/s1. The van der Waals surface area contributed by atoms with Gasteiger partial charge in [-0.2, -0.15) is 0 Å². The summed E-state index contributed by atoms with van der Waals surface area (Å²) in [6.07, 6.45) is 0.939. The van der Waals surface area contributed by atoms with Crippen LogP contribution in [0.5, 0.6) is 11.5 Å². The van der Waals surface area contributed by atoms with Gasteiger partial charge in [-0.3, -0.25) is 4.79 Å². The molecule has 1 atom stereocenters. The number of rotatable bonds is 4. The zero-order chi connectivity index (χ0) is 16.2. The van der Waals surface area contributed by atoms with Crippen molar-refractivity contribution in [1.82, 2.24) is 4.90 Å². The normalized spacial score (nSPS) is 17.3. The Morgan fingerprint density at radius 2 is 2.04 bits per heavy atom. The third-order valence-corrected chi connectivity index (χ3v) is 3.88. The lowest BCUT2D eigenvalue weighted by Crippen LogP contribution is -2.32. The molecule has 0 saturated carbocycles. The lowest BCUT2D eigenvalue weighted by Gasteiger charge is -2.17. The van der Waals surface area contributed by atoms with E-state index in [1.807, 2.05) is 6.07 Å². The van der Waals surface area contributed by atoms with Gasteiger partial charge in [-0.25, -0.2) is 4.39 Å². The number of carbonyl (C=O) groups excluding carboxylic acids is 1. The van der Waals surface area contributed by atoms with Crippen LogP contribution in [0.25, 0.3) is 0 Å². The fraction of sp³-hybridized carbons (Fsp3) is 0.278. The molecule has 1 aliphatic heterocycles. The van der Waals surface area contributed by atoms with E-state index in [0.717, 1.165) is 12.0 Å². The fourth-order valence-corrected chi connectivity index (χ4v) is 2.71. The molecule has 2 aromatic carbocycles. The van der Waals surface area contributed by atoms with E-state index >= 15 is 0 Å². The van der Waals surface area contributed by atoms with Gasteiger partial charge in [0, 0.05) is 13.0 Å². The maximum Gasteiger partial charge on any atom is 0.227 e. The van der Waals surface area contributed by atoms with E-state index in [2.05, 4.69) is 0 Å². The minimum Gasteiger partial charge on any atom is -0.508 e. The minimum atomic E-state index is -0.299. The highest BCUT2D eigenvalue weighted by Crippen LogP contribution is 2.20. The lowest BCUT2D eigenvalue weighted by atomic mass is 10.1. The Hall–Kier alpha value is -2.56. The van der Waals surface area contributed by atoms with E-state index in [-0.39, 0.29) is 30.0 Å². The van der Waals surface area contributed by atoms with E-state index in [1.54, 1.807) is 35.2 Å². The summed E-state index contributed by atoms with van der Waals surface area (Å²) in [6, 6.07) is 12.6. The first-order valence-electron chi connectivity index (χ1n) is 7.58. The SMILES string of the molecule is O=C(Cc1cccc(O)c1)N1CC[C@H](Oc2ccc(F)cc2)C1. The van der Waals surface area contributed by atoms with Crippen molar-refractivity contribution in [3.63, 3.8) is 0 Å². The van der Waals surface area contributed by atoms with Crippen LogP contribution < -0.4 is 4.74 Å². The van der Waals surface area contributed by atoms with Crippen molar-refractivity contribution in [3.05, 3.63) is 59.9 Å². The molecule has 5 heteroatoms. The molecular formula is C18H18FNO3. The number of amides is 1. The molecule has 1 amide bonds. The largest absolute Gasteiger partial charge is 0.508 e. The predicted octanol–water partition coefficient (Wildman–Crippen LogP) is 2.75. The zero-order valence-corrected chi connectivity index (χ0v) is 12.6. The molecule has 1 saturated heterocycles. The summed E-state index contributed by atoms with van der Waals surface area (Å²) >= 11 is 0. The van der Waals surface area contributed by atoms with E-state index in [9.17, 15) is 14.3 Å². The van der Waals surface area contributed by atoms with Gasteiger partial charge in [0.15, 0.2) is 0 Å². The fourth-order valence-electron chi connectivity index (χ4n) is 2.71. The highest BCUT2D eigenvalue weighted by atomic mass is 19.1. The number of halogens is 1. The monoisotopic (exact) mass is 315 g/mol. The molecule has 0 unspecified atom stereocenters. The van der Waals surface area contributed by atoms with Crippen LogP contribution >= 0.6 is 0 Å². The number of phenolic OH excluding ortho intramolecular Hbond substituents is 1. The molecule has 1 heterocycles. The van der Waals surface area contributed by atoms with Crippen molar-refractivity contribution in [2.75, 3.05) is 13.1 Å². The second-order valence-electron chi connectivity index (χ2n) is 5.67. The molecule has 1 aliphatic rings. The summed E-state index contributed by atoms with van der Waals surface area (Å²) in [6.45, 7) is 1.17. The van der Waals surface area contributed by atoms with Crippen LogP contribution in [0, 0.1) is 5.82 Å². The molecule has 1 fully saturated rings. The van der Waals surface area contributed by atoms with Crippen LogP contribution in [0.4, 0.5) is 4.39 Å². The Labute approximate surface area is 134 Å². The maximum absolute atomic E-state index is 12.9. The van der Waals surface area contributed by atoms with E-state index in [1.165, 1.54) is 12.1 Å². The van der Waals surface area contributed by atoms with E-state index < -0.39 is 0 Å². The Bertz CT molecular complexity index is 687. The molecule has 2 aromatic rings. The average Bonchev–Trinajstić information content (AvgIpc) is 2.98. The molecule has 4 nitrogen and oxygen atoms in total. The van der Waals surface area contributed by atoms with Crippen LogP contribution in [-0.4, -0.2) is 35.1 Å². The van der Waals surface area contributed by atoms with Crippen molar-refractivity contribution in [2.45, 2.75) is 18.9 Å². The van der Waals surface area contributed by atoms with Crippen molar-refractivity contribution in [2.24, 2.45) is 0 Å². The number of hydrogen-bond acceptors (Lipinski definition) is 3. The molecule has 3 rings (SSSR count). The Morgan fingerprint density at radius 1 is 1.26 bits per heavy atom. The molecule has 120 valence electrons. The average molecular weight is 315 g/mol. The first-order valence-corrected chi connectivity index (χ1v) is 7.58. The van der Waals surface area contributed by atoms with Gasteiger partial charge in [0.25, 0.3) is 0 Å². The number of phenols is 1. The highest BCUT2D eigenvalue weighted by molar-refractivity contribution is 5.79. The molecule has 0 aliphatic carbocycles. The summed E-state index contributed by atoms with van der Waals surface area (Å²) < 4.78 is 18.7. The number of benzene rings is 2. The van der Waals surface area contributed by atoms with Crippen molar-refractivity contribution in [1.29, 1.82) is 0 Å². The molecule has 0 bridgehead atoms. The van der Waals surface area contributed by atoms with Gasteiger partial charge in [0.1, 0.15) is 23.4 Å². The van der Waals surface area contributed by atoms with Gasteiger partial charge in [-0.15, -0.1) is 0 Å². The Kier molecular flexibility index (Phi) is 4.46. The first-order chi connectivity index (χ1) is 11.1. The van der Waals surface area contributed by atoms with E-state index in [0.29, 0.717) is 18.8 Å². The van der Waals surface area contributed by atoms with Gasteiger partial charge >= 0.3 is 0 Å². The van der Waals surface area contributed by atoms with Crippen LogP contribution in [-0.2, 0) is 11.2 Å². The Balaban J connectivity index is 1.54. The quantitative estimate of drug-likeness (QED) is 0.944. The number of carbonyl (C=O) groups is 1. The topological polar surface area (TPSA) is 49.8 Å². The zero-order valence-electron chi connectivity index (χ0n) is 12.6. The van der Waals surface area contributed by atoms with E-state index in [4.69, 9.17) is 4.74 Å². The van der Waals surface area contributed by atoms with Crippen LogP contribution in [0.15, 0.2) is 48.5 Å². The van der Waals surface area contributed by atoms with Crippen LogP contribution in [0.1, 0.15) is 12.0 Å². The van der Waals surface area contributed by atoms with Crippen molar-refractivity contribution in [3.8, 4) is 11.5 Å². The summed E-state index contributed by atoms with van der Waals surface area (Å²) in [7, 11) is 0. The molecule has 23 heavy (non-hydrogen) atoms. The lowest BCUT2D eigenvalue weighted by molar-refractivity contribution is -0.129. The van der Waals surface area contributed by atoms with Gasteiger partial charge in [-0.05, 0) is 42.0 Å². The number of aromatic hydroxyl groups is 1. The number of likely N-dealkylation sites (tertiary alicyclic amines) is 1. The van der Waals surface area contributed by atoms with Gasteiger partial charge in [0.05, 0.1) is 13.0 Å². The summed E-state index contributed by atoms with van der Waals surface area (Å²) in [5.41, 5.74) is 0.790. The molecule has 1 N–H and O–H groups in total. The van der Waals surface area contributed by atoms with Gasteiger partial charge in [-0.1, -0.05) is 12.1 Å². The summed E-state index contributed by atoms with van der Waals surface area (Å²) in [5.74, 6) is 0.486. The van der Waals surface area contributed by atoms with Crippen molar-refractivity contribution < 1.29 is 19.0 Å². The second kappa shape index (κ2) is 6.69. The van der Waals surface area contributed by atoms with Gasteiger partial charge in [0.2, 0.25) is 5.91 Å². The number of nitrogens with zero attached hydrogens (tertiary/aromatic N) is 1.